The first-order chi connectivity index (χ1) is 17.4. The zero-order valence-corrected chi connectivity index (χ0v) is 20.5. The molecular formula is C25H24N6O4S. The number of methoxy groups -OCH3 is 1. The Morgan fingerprint density at radius 3 is 2.72 bits per heavy atom. The molecule has 0 radical (unpaired) electrons. The van der Waals surface area contributed by atoms with Crippen LogP contribution in [0, 0.1) is 5.92 Å². The standard InChI is InChI=1S/C25H24N6O4S/c1-3-16-12-22(32)28-25(26-16)31-21(13-19(29-31)20-5-4-10-36-20)27-24(34)15-11-23(33)30(14-15)17-6-8-18(35-2)9-7-17/h4-10,12-13,15H,3,11,14H2,1-2H3,(H,27,34)(H,26,28,32). The Labute approximate surface area is 210 Å². The van der Waals surface area contributed by atoms with E-state index in [-0.39, 0.29) is 36.3 Å². The lowest BCUT2D eigenvalue weighted by Gasteiger charge is -2.17. The molecule has 0 saturated carbocycles. The second kappa shape index (κ2) is 9.78. The molecule has 1 atom stereocenters. The molecule has 3 aromatic heterocycles. The molecular weight excluding hydrogens is 480 g/mol. The van der Waals surface area contributed by atoms with E-state index in [1.54, 1.807) is 42.3 Å². The molecule has 5 rings (SSSR count). The molecule has 36 heavy (non-hydrogen) atoms. The molecule has 1 fully saturated rings. The Kier molecular flexibility index (Phi) is 6.38. The number of anilines is 2. The van der Waals surface area contributed by atoms with Gasteiger partial charge in [0.25, 0.3) is 5.56 Å². The van der Waals surface area contributed by atoms with Crippen molar-refractivity contribution in [1.29, 1.82) is 0 Å². The molecule has 184 valence electrons. The van der Waals surface area contributed by atoms with Crippen LogP contribution in [0.1, 0.15) is 19.0 Å². The van der Waals surface area contributed by atoms with Crippen LogP contribution >= 0.6 is 11.3 Å². The van der Waals surface area contributed by atoms with E-state index >= 15 is 0 Å². The molecule has 4 heterocycles. The number of rotatable bonds is 7. The number of H-pyrrole nitrogens is 1. The summed E-state index contributed by atoms with van der Waals surface area (Å²) in [5, 5.41) is 9.44. The quantitative estimate of drug-likeness (QED) is 0.398. The molecule has 4 aromatic rings. The number of nitrogens with zero attached hydrogens (tertiary/aromatic N) is 4. The number of aryl methyl sites for hydroxylation is 1. The lowest BCUT2D eigenvalue weighted by molar-refractivity contribution is -0.122. The first-order valence-corrected chi connectivity index (χ1v) is 12.3. The normalized spacial score (nSPS) is 15.3. The van der Waals surface area contributed by atoms with E-state index in [0.717, 1.165) is 4.88 Å². The van der Waals surface area contributed by atoms with Gasteiger partial charge in [-0.15, -0.1) is 11.3 Å². The van der Waals surface area contributed by atoms with Crippen molar-refractivity contribution in [3.05, 3.63) is 70.0 Å². The summed E-state index contributed by atoms with van der Waals surface area (Å²) >= 11 is 1.51. The average molecular weight is 505 g/mol. The molecule has 1 aliphatic rings. The van der Waals surface area contributed by atoms with Crippen LogP contribution < -0.4 is 20.5 Å². The maximum Gasteiger partial charge on any atom is 0.252 e. The molecule has 1 saturated heterocycles. The van der Waals surface area contributed by atoms with Crippen molar-refractivity contribution in [3.63, 3.8) is 0 Å². The summed E-state index contributed by atoms with van der Waals surface area (Å²) in [5.74, 6) is 0.257. The van der Waals surface area contributed by atoms with E-state index in [4.69, 9.17) is 4.74 Å². The van der Waals surface area contributed by atoms with Crippen LogP contribution in [0.2, 0.25) is 0 Å². The summed E-state index contributed by atoms with van der Waals surface area (Å²) in [4.78, 5) is 47.8. The number of hydrogen-bond donors (Lipinski definition) is 2. The third-order valence-electron chi connectivity index (χ3n) is 5.96. The fraction of sp³-hybridized carbons (Fsp3) is 0.240. The zero-order chi connectivity index (χ0) is 25.2. The lowest BCUT2D eigenvalue weighted by atomic mass is 10.1. The van der Waals surface area contributed by atoms with Gasteiger partial charge in [0.1, 0.15) is 17.3 Å². The highest BCUT2D eigenvalue weighted by molar-refractivity contribution is 7.13. The van der Waals surface area contributed by atoms with Crippen molar-refractivity contribution >= 4 is 34.7 Å². The minimum Gasteiger partial charge on any atom is -0.497 e. The fourth-order valence-corrected chi connectivity index (χ4v) is 4.76. The van der Waals surface area contributed by atoms with E-state index in [0.29, 0.717) is 35.1 Å². The number of benzene rings is 1. The molecule has 0 aliphatic carbocycles. The minimum atomic E-state index is -0.554. The summed E-state index contributed by atoms with van der Waals surface area (Å²) in [7, 11) is 1.58. The molecule has 1 unspecified atom stereocenters. The van der Waals surface area contributed by atoms with Crippen LogP contribution in [0.3, 0.4) is 0 Å². The Hall–Kier alpha value is -4.25. The highest BCUT2D eigenvalue weighted by Crippen LogP contribution is 2.30. The van der Waals surface area contributed by atoms with Gasteiger partial charge >= 0.3 is 0 Å². The summed E-state index contributed by atoms with van der Waals surface area (Å²) in [6, 6.07) is 14.1. The molecule has 1 aliphatic heterocycles. The molecule has 0 spiro atoms. The van der Waals surface area contributed by atoms with Gasteiger partial charge in [-0.3, -0.25) is 19.4 Å². The van der Waals surface area contributed by atoms with E-state index < -0.39 is 5.92 Å². The van der Waals surface area contributed by atoms with Crippen molar-refractivity contribution in [3.8, 4) is 22.3 Å². The van der Waals surface area contributed by atoms with Crippen LogP contribution in [-0.2, 0) is 16.0 Å². The van der Waals surface area contributed by atoms with Crippen LogP contribution in [0.25, 0.3) is 16.5 Å². The number of carbonyl (C=O) groups excluding carboxylic acids is 2. The van der Waals surface area contributed by atoms with E-state index in [9.17, 15) is 14.4 Å². The maximum atomic E-state index is 13.3. The van der Waals surface area contributed by atoms with Gasteiger partial charge in [0.2, 0.25) is 17.8 Å². The topological polar surface area (TPSA) is 122 Å². The monoisotopic (exact) mass is 504 g/mol. The van der Waals surface area contributed by atoms with Gasteiger partial charge in [-0.1, -0.05) is 13.0 Å². The Balaban J connectivity index is 1.42. The third kappa shape index (κ3) is 4.65. The number of aromatic amines is 1. The van der Waals surface area contributed by atoms with Gasteiger partial charge in [-0.05, 0) is 42.1 Å². The zero-order valence-electron chi connectivity index (χ0n) is 19.7. The number of carbonyl (C=O) groups is 2. The van der Waals surface area contributed by atoms with Crippen LogP contribution in [0.15, 0.2) is 58.7 Å². The summed E-state index contributed by atoms with van der Waals surface area (Å²) in [6.07, 6.45) is 0.660. The Bertz CT molecular complexity index is 1460. The fourth-order valence-electron chi connectivity index (χ4n) is 4.07. The predicted octanol–water partition coefficient (Wildman–Crippen LogP) is 3.25. The molecule has 1 aromatic carbocycles. The Morgan fingerprint density at radius 1 is 1.22 bits per heavy atom. The highest BCUT2D eigenvalue weighted by Gasteiger charge is 2.35. The minimum absolute atomic E-state index is 0.0875. The Morgan fingerprint density at radius 2 is 2.03 bits per heavy atom. The number of hydrogen-bond acceptors (Lipinski definition) is 7. The predicted molar refractivity (Wildman–Crippen MR) is 137 cm³/mol. The van der Waals surface area contributed by atoms with Crippen molar-refractivity contribution < 1.29 is 14.3 Å². The molecule has 0 bridgehead atoms. The highest BCUT2D eigenvalue weighted by atomic mass is 32.1. The molecule has 10 nitrogen and oxygen atoms in total. The van der Waals surface area contributed by atoms with Gasteiger partial charge in [-0.25, -0.2) is 4.98 Å². The number of thiophene rings is 1. The third-order valence-corrected chi connectivity index (χ3v) is 6.85. The number of nitrogens with one attached hydrogen (secondary N) is 2. The van der Waals surface area contributed by atoms with Gasteiger partial charge in [0.05, 0.1) is 17.9 Å². The van der Waals surface area contributed by atoms with Gasteiger partial charge in [0.15, 0.2) is 0 Å². The van der Waals surface area contributed by atoms with Crippen LogP contribution in [0.5, 0.6) is 5.75 Å². The summed E-state index contributed by atoms with van der Waals surface area (Å²) in [5.41, 5.74) is 1.64. The van der Waals surface area contributed by atoms with Crippen LogP contribution in [-0.4, -0.2) is 45.2 Å². The number of ether oxygens (including phenoxy) is 1. The van der Waals surface area contributed by atoms with Crippen molar-refractivity contribution in [2.45, 2.75) is 19.8 Å². The smallest absolute Gasteiger partial charge is 0.252 e. The molecule has 2 amide bonds. The van der Waals surface area contributed by atoms with Crippen molar-refractivity contribution in [2.75, 3.05) is 23.9 Å². The summed E-state index contributed by atoms with van der Waals surface area (Å²) < 4.78 is 6.60. The average Bonchev–Trinajstić information content (AvgIpc) is 3.64. The second-order valence-electron chi connectivity index (χ2n) is 8.31. The molecule has 2 N–H and O–H groups in total. The first-order valence-electron chi connectivity index (χ1n) is 11.4. The molecule has 11 heteroatoms. The van der Waals surface area contributed by atoms with E-state index in [1.807, 2.05) is 24.4 Å². The van der Waals surface area contributed by atoms with E-state index in [1.165, 1.54) is 22.1 Å². The maximum absolute atomic E-state index is 13.3. The second-order valence-corrected chi connectivity index (χ2v) is 9.26. The lowest BCUT2D eigenvalue weighted by Crippen LogP contribution is -2.28. The summed E-state index contributed by atoms with van der Waals surface area (Å²) in [6.45, 7) is 2.16. The van der Waals surface area contributed by atoms with Crippen molar-refractivity contribution in [2.24, 2.45) is 5.92 Å². The van der Waals surface area contributed by atoms with E-state index in [2.05, 4.69) is 20.4 Å². The largest absolute Gasteiger partial charge is 0.497 e. The van der Waals surface area contributed by atoms with Gasteiger partial charge < -0.3 is 15.0 Å². The first kappa shape index (κ1) is 23.5. The number of amides is 2. The SMILES string of the molecule is CCc1cc(=O)[nH]c(-n2nc(-c3cccs3)cc2NC(=O)C2CC(=O)N(c3ccc(OC)cc3)C2)n1. The van der Waals surface area contributed by atoms with Crippen LogP contribution in [0.4, 0.5) is 11.5 Å². The van der Waals surface area contributed by atoms with Gasteiger partial charge in [0, 0.05) is 36.5 Å². The number of aromatic nitrogens is 4. The van der Waals surface area contributed by atoms with Gasteiger partial charge in [-0.2, -0.15) is 9.78 Å². The van der Waals surface area contributed by atoms with Crippen molar-refractivity contribution in [1.82, 2.24) is 19.7 Å².